The van der Waals surface area contributed by atoms with E-state index in [-0.39, 0.29) is 16.6 Å². The third kappa shape index (κ3) is 4.31. The summed E-state index contributed by atoms with van der Waals surface area (Å²) in [6, 6.07) is 1.57. The van der Waals surface area contributed by atoms with Gasteiger partial charge in [0.05, 0.1) is 10.6 Å². The van der Waals surface area contributed by atoms with Crippen molar-refractivity contribution in [1.82, 2.24) is 5.32 Å². The van der Waals surface area contributed by atoms with E-state index < -0.39 is 25.7 Å². The van der Waals surface area contributed by atoms with Crippen molar-refractivity contribution in [3.8, 4) is 0 Å². The van der Waals surface area contributed by atoms with Crippen molar-refractivity contribution in [2.45, 2.75) is 37.1 Å². The van der Waals surface area contributed by atoms with Crippen LogP contribution in [0.1, 0.15) is 36.5 Å². The van der Waals surface area contributed by atoms with Gasteiger partial charge in [0.25, 0.3) is 15.0 Å². The summed E-state index contributed by atoms with van der Waals surface area (Å²) >= 11 is 5.81. The summed E-state index contributed by atoms with van der Waals surface area (Å²) < 4.78 is 36.1. The molecule has 0 bridgehead atoms. The van der Waals surface area contributed by atoms with Crippen molar-refractivity contribution >= 4 is 37.2 Å². The molecule has 2 rings (SSSR count). The summed E-state index contributed by atoms with van der Waals surface area (Å²) in [7, 11) is 0.848. The van der Waals surface area contributed by atoms with E-state index in [0.29, 0.717) is 5.92 Å². The Morgan fingerprint density at radius 3 is 2.62 bits per heavy atom. The number of carbonyl (C=O) groups excluding carboxylic acids is 1. The molecule has 0 aliphatic heterocycles. The van der Waals surface area contributed by atoms with Crippen molar-refractivity contribution < 1.29 is 17.6 Å². The van der Waals surface area contributed by atoms with Gasteiger partial charge < -0.3 is 5.32 Å². The van der Waals surface area contributed by atoms with Crippen molar-refractivity contribution in [3.05, 3.63) is 28.5 Å². The maximum Gasteiger partial charge on any atom is 0.264 e. The van der Waals surface area contributed by atoms with Crippen LogP contribution in [-0.4, -0.2) is 20.4 Å². The lowest BCUT2D eigenvalue weighted by atomic mass is 10.1. The Labute approximate surface area is 132 Å². The molecule has 1 aliphatic carbocycles. The molecule has 0 heterocycles. The fraction of sp³-hybridized carbons (Fsp3) is 0.462. The molecular weight excluding hydrogens is 340 g/mol. The molecular formula is C13H14Cl2FNO3S. The quantitative estimate of drug-likeness (QED) is 0.825. The summed E-state index contributed by atoms with van der Waals surface area (Å²) in [6.45, 7) is 1.85. The van der Waals surface area contributed by atoms with Crippen molar-refractivity contribution in [2.24, 2.45) is 5.92 Å². The van der Waals surface area contributed by atoms with Crippen LogP contribution in [0.3, 0.4) is 0 Å². The molecule has 4 nitrogen and oxygen atoms in total. The van der Waals surface area contributed by atoms with E-state index in [4.69, 9.17) is 22.3 Å². The van der Waals surface area contributed by atoms with Gasteiger partial charge in [-0.15, -0.1) is 0 Å². The number of halogens is 3. The Hall–Kier alpha value is -0.850. The number of amides is 1. The zero-order valence-corrected chi connectivity index (χ0v) is 13.5. The van der Waals surface area contributed by atoms with Gasteiger partial charge in [-0.25, -0.2) is 12.8 Å². The molecule has 8 heteroatoms. The maximum atomic E-state index is 13.6. The average Bonchev–Trinajstić information content (AvgIpc) is 3.10. The zero-order valence-electron chi connectivity index (χ0n) is 11.2. The smallest absolute Gasteiger partial charge is 0.264 e. The van der Waals surface area contributed by atoms with Crippen LogP contribution in [-0.2, 0) is 9.05 Å². The van der Waals surface area contributed by atoms with Crippen LogP contribution in [0.2, 0.25) is 5.02 Å². The lowest BCUT2D eigenvalue weighted by molar-refractivity contribution is 0.0937. The normalized spacial score (nSPS) is 16.6. The second kappa shape index (κ2) is 6.10. The zero-order chi connectivity index (χ0) is 15.8. The van der Waals surface area contributed by atoms with Gasteiger partial charge in [0.15, 0.2) is 0 Å². The molecule has 1 N–H and O–H groups in total. The summed E-state index contributed by atoms with van der Waals surface area (Å²) in [5.74, 6) is -1.00. The highest BCUT2D eigenvalue weighted by Gasteiger charge is 2.26. The van der Waals surface area contributed by atoms with Gasteiger partial charge in [0.2, 0.25) is 0 Å². The van der Waals surface area contributed by atoms with Crippen LogP contribution in [0.5, 0.6) is 0 Å². The predicted octanol–water partition coefficient (Wildman–Crippen LogP) is 3.33. The number of benzene rings is 1. The first-order valence-electron chi connectivity index (χ1n) is 6.43. The van der Waals surface area contributed by atoms with Crippen LogP contribution in [0.25, 0.3) is 0 Å². The first kappa shape index (κ1) is 16.5. The Morgan fingerprint density at radius 2 is 2.10 bits per heavy atom. The second-order valence-electron chi connectivity index (χ2n) is 5.25. The molecule has 1 saturated carbocycles. The summed E-state index contributed by atoms with van der Waals surface area (Å²) in [5, 5.41) is 2.56. The molecule has 0 saturated heterocycles. The van der Waals surface area contributed by atoms with Gasteiger partial charge in [-0.05, 0) is 31.4 Å². The van der Waals surface area contributed by atoms with Gasteiger partial charge in [-0.3, -0.25) is 4.79 Å². The largest absolute Gasteiger partial charge is 0.350 e. The fourth-order valence-corrected chi connectivity index (χ4v) is 3.25. The maximum absolute atomic E-state index is 13.6. The molecule has 0 spiro atoms. The molecule has 1 aromatic rings. The van der Waals surface area contributed by atoms with E-state index >= 15 is 0 Å². The van der Waals surface area contributed by atoms with Crippen LogP contribution in [0.4, 0.5) is 4.39 Å². The number of carbonyl (C=O) groups is 1. The highest BCUT2D eigenvalue weighted by atomic mass is 35.7. The average molecular weight is 354 g/mol. The van der Waals surface area contributed by atoms with E-state index in [1.54, 1.807) is 0 Å². The van der Waals surface area contributed by atoms with E-state index in [2.05, 4.69) is 5.32 Å². The SMILES string of the molecule is CC(CC1CC1)NC(=O)c1cc(S(=O)(=O)Cl)c(F)cc1Cl. The molecule has 1 aromatic carbocycles. The third-order valence-corrected chi connectivity index (χ3v) is 4.94. The highest BCUT2D eigenvalue weighted by molar-refractivity contribution is 8.13. The molecule has 1 fully saturated rings. The summed E-state index contributed by atoms with van der Waals surface area (Å²) in [4.78, 5) is 11.4. The van der Waals surface area contributed by atoms with Crippen molar-refractivity contribution in [1.29, 1.82) is 0 Å². The molecule has 116 valence electrons. The Bertz CT molecular complexity index is 674. The van der Waals surface area contributed by atoms with Gasteiger partial charge in [0.1, 0.15) is 10.7 Å². The Balaban J connectivity index is 2.23. The van der Waals surface area contributed by atoms with Crippen molar-refractivity contribution in [2.75, 3.05) is 0 Å². The van der Waals surface area contributed by atoms with Crippen LogP contribution >= 0.6 is 22.3 Å². The molecule has 1 atom stereocenters. The van der Waals surface area contributed by atoms with Crippen LogP contribution < -0.4 is 5.32 Å². The minimum atomic E-state index is -4.29. The molecule has 1 amide bonds. The highest BCUT2D eigenvalue weighted by Crippen LogP contribution is 2.33. The lowest BCUT2D eigenvalue weighted by Crippen LogP contribution is -2.33. The number of nitrogens with one attached hydrogen (secondary N) is 1. The van der Waals surface area contributed by atoms with E-state index in [1.165, 1.54) is 0 Å². The standard InChI is InChI=1S/C13H14Cl2FNO3S/c1-7(4-8-2-3-8)17-13(18)9-5-12(21(15,19)20)11(16)6-10(9)14/h5-8H,2-4H2,1H3,(H,17,18). The minimum absolute atomic E-state index is 0.0674. The molecule has 0 aromatic heterocycles. The monoisotopic (exact) mass is 353 g/mol. The number of rotatable bonds is 5. The Kier molecular flexibility index (Phi) is 4.80. The molecule has 1 aliphatic rings. The number of hydrogen-bond donors (Lipinski definition) is 1. The lowest BCUT2D eigenvalue weighted by Gasteiger charge is -2.14. The van der Waals surface area contributed by atoms with E-state index in [9.17, 15) is 17.6 Å². The second-order valence-corrected chi connectivity index (χ2v) is 8.20. The number of hydrogen-bond acceptors (Lipinski definition) is 3. The van der Waals surface area contributed by atoms with Gasteiger partial charge in [-0.2, -0.15) is 0 Å². The molecule has 1 unspecified atom stereocenters. The predicted molar refractivity (Wildman–Crippen MR) is 78.7 cm³/mol. The van der Waals surface area contributed by atoms with Gasteiger partial charge in [-0.1, -0.05) is 24.4 Å². The summed E-state index contributed by atoms with van der Waals surface area (Å²) in [6.07, 6.45) is 3.17. The van der Waals surface area contributed by atoms with Gasteiger partial charge in [0, 0.05) is 16.7 Å². The minimum Gasteiger partial charge on any atom is -0.350 e. The molecule has 21 heavy (non-hydrogen) atoms. The van der Waals surface area contributed by atoms with Crippen molar-refractivity contribution in [3.63, 3.8) is 0 Å². The molecule has 0 radical (unpaired) electrons. The van der Waals surface area contributed by atoms with Crippen LogP contribution in [0, 0.1) is 11.7 Å². The third-order valence-electron chi connectivity index (χ3n) is 3.29. The summed E-state index contributed by atoms with van der Waals surface area (Å²) in [5.41, 5.74) is -0.111. The Morgan fingerprint density at radius 1 is 1.48 bits per heavy atom. The van der Waals surface area contributed by atoms with E-state index in [0.717, 1.165) is 31.4 Å². The first-order chi connectivity index (χ1) is 9.68. The van der Waals surface area contributed by atoms with Crippen LogP contribution in [0.15, 0.2) is 17.0 Å². The van der Waals surface area contributed by atoms with E-state index in [1.807, 2.05) is 6.92 Å². The van der Waals surface area contributed by atoms with Gasteiger partial charge >= 0.3 is 0 Å². The fourth-order valence-electron chi connectivity index (χ4n) is 2.10. The first-order valence-corrected chi connectivity index (χ1v) is 9.11. The topological polar surface area (TPSA) is 63.2 Å².